The monoisotopic (exact) mass is 212 g/mol. The van der Waals surface area contributed by atoms with Crippen LogP contribution in [-0.2, 0) is 5.41 Å². The molecule has 1 aromatic carbocycles. The van der Waals surface area contributed by atoms with Crippen molar-refractivity contribution in [1.82, 2.24) is 0 Å². The molecule has 0 saturated heterocycles. The molecule has 2 heteroatoms. The van der Waals surface area contributed by atoms with Crippen LogP contribution in [-0.4, -0.2) is 6.26 Å². The maximum absolute atomic E-state index is 13.7. The van der Waals surface area contributed by atoms with E-state index in [0.29, 0.717) is 0 Å². The molecule has 0 atom stereocenters. The molecule has 0 N–H and O–H groups in total. The molecule has 0 aliphatic heterocycles. The van der Waals surface area contributed by atoms with Gasteiger partial charge in [0, 0.05) is 4.90 Å². The first kappa shape index (κ1) is 11.6. The minimum atomic E-state index is -0.0799. The van der Waals surface area contributed by atoms with Gasteiger partial charge in [0.15, 0.2) is 0 Å². The van der Waals surface area contributed by atoms with Crippen LogP contribution in [0.3, 0.4) is 0 Å². The Hall–Kier alpha value is -0.500. The Labute approximate surface area is 89.9 Å². The summed E-state index contributed by atoms with van der Waals surface area (Å²) in [4.78, 5) is 0.984. The third kappa shape index (κ3) is 2.30. The van der Waals surface area contributed by atoms with Gasteiger partial charge in [0.2, 0.25) is 0 Å². The van der Waals surface area contributed by atoms with Crippen molar-refractivity contribution in [3.8, 4) is 0 Å². The molecule has 14 heavy (non-hydrogen) atoms. The third-order valence-electron chi connectivity index (χ3n) is 2.79. The highest BCUT2D eigenvalue weighted by Crippen LogP contribution is 2.30. The molecular weight excluding hydrogens is 195 g/mol. The van der Waals surface area contributed by atoms with Crippen molar-refractivity contribution in [3.63, 3.8) is 0 Å². The lowest BCUT2D eigenvalue weighted by Crippen LogP contribution is -2.17. The molecule has 0 bridgehead atoms. The molecule has 1 rings (SSSR count). The van der Waals surface area contributed by atoms with E-state index in [2.05, 4.69) is 20.8 Å². The number of thioether (sulfide) groups is 1. The number of rotatable bonds is 3. The summed E-state index contributed by atoms with van der Waals surface area (Å²) in [5, 5.41) is 0. The van der Waals surface area contributed by atoms with Crippen molar-refractivity contribution in [2.45, 2.75) is 37.5 Å². The van der Waals surface area contributed by atoms with Crippen LogP contribution in [0.15, 0.2) is 23.1 Å². The second-order valence-corrected chi connectivity index (χ2v) is 4.96. The number of hydrogen-bond acceptors (Lipinski definition) is 1. The van der Waals surface area contributed by atoms with Gasteiger partial charge in [-0.1, -0.05) is 26.8 Å². The van der Waals surface area contributed by atoms with Crippen molar-refractivity contribution >= 4 is 11.8 Å². The van der Waals surface area contributed by atoms with Crippen LogP contribution in [0.1, 0.15) is 32.8 Å². The molecule has 0 amide bonds. The van der Waals surface area contributed by atoms with Crippen LogP contribution >= 0.6 is 11.8 Å². The summed E-state index contributed by atoms with van der Waals surface area (Å²) in [5.41, 5.74) is 0.749. The first-order valence-electron chi connectivity index (χ1n) is 4.85. The van der Waals surface area contributed by atoms with Gasteiger partial charge >= 0.3 is 0 Å². The van der Waals surface area contributed by atoms with E-state index in [4.69, 9.17) is 0 Å². The first-order chi connectivity index (χ1) is 6.51. The lowest BCUT2D eigenvalue weighted by molar-refractivity contribution is 0.468. The fraction of sp³-hybridized carbons (Fsp3) is 0.500. The molecule has 0 aliphatic rings. The molecule has 0 fully saturated rings. The maximum atomic E-state index is 13.7. The largest absolute Gasteiger partial charge is 0.207 e. The molecule has 0 aliphatic carbocycles. The van der Waals surface area contributed by atoms with E-state index in [1.165, 1.54) is 0 Å². The van der Waals surface area contributed by atoms with Gasteiger partial charge in [-0.05, 0) is 35.8 Å². The van der Waals surface area contributed by atoms with Gasteiger partial charge in [-0.3, -0.25) is 0 Å². The van der Waals surface area contributed by atoms with Crippen LogP contribution < -0.4 is 0 Å². The van der Waals surface area contributed by atoms with Crippen molar-refractivity contribution in [3.05, 3.63) is 29.6 Å². The van der Waals surface area contributed by atoms with Crippen LogP contribution in [0.25, 0.3) is 0 Å². The van der Waals surface area contributed by atoms with Crippen molar-refractivity contribution in [2.24, 2.45) is 0 Å². The van der Waals surface area contributed by atoms with Crippen molar-refractivity contribution < 1.29 is 4.39 Å². The van der Waals surface area contributed by atoms with Gasteiger partial charge in [-0.25, -0.2) is 4.39 Å². The third-order valence-corrected chi connectivity index (χ3v) is 3.51. The summed E-state index contributed by atoms with van der Waals surface area (Å²) >= 11 is 1.57. The standard InChI is InChI=1S/C12H17FS/c1-5-12(2,3)10-7-6-9(14-4)8-11(10)13/h6-8H,5H2,1-4H3. The summed E-state index contributed by atoms with van der Waals surface area (Å²) in [7, 11) is 0. The van der Waals surface area contributed by atoms with Crippen LogP contribution in [0.5, 0.6) is 0 Å². The molecule has 0 saturated carbocycles. The van der Waals surface area contributed by atoms with Crippen molar-refractivity contribution in [1.29, 1.82) is 0 Å². The SMILES string of the molecule is CCC(C)(C)c1ccc(SC)cc1F. The lowest BCUT2D eigenvalue weighted by Gasteiger charge is -2.24. The van der Waals surface area contributed by atoms with E-state index in [0.717, 1.165) is 16.9 Å². The average Bonchev–Trinajstić information content (AvgIpc) is 2.17. The Morgan fingerprint density at radius 2 is 2.00 bits per heavy atom. The van der Waals surface area contributed by atoms with E-state index >= 15 is 0 Å². The highest BCUT2D eigenvalue weighted by Gasteiger charge is 2.21. The minimum Gasteiger partial charge on any atom is -0.207 e. The Bertz CT molecular complexity index is 318. The lowest BCUT2D eigenvalue weighted by atomic mass is 9.82. The summed E-state index contributed by atoms with van der Waals surface area (Å²) in [5.74, 6) is -0.0799. The maximum Gasteiger partial charge on any atom is 0.128 e. The predicted octanol–water partition coefficient (Wildman–Crippen LogP) is 4.24. The van der Waals surface area contributed by atoms with Crippen LogP contribution in [0, 0.1) is 5.82 Å². The molecule has 1 aromatic rings. The molecule has 0 radical (unpaired) electrons. The number of benzene rings is 1. The molecule has 0 unspecified atom stereocenters. The zero-order chi connectivity index (χ0) is 10.8. The topological polar surface area (TPSA) is 0 Å². The predicted molar refractivity (Wildman–Crippen MR) is 61.5 cm³/mol. The Kier molecular flexibility index (Phi) is 3.59. The molecule has 0 heterocycles. The van der Waals surface area contributed by atoms with Gasteiger partial charge in [-0.15, -0.1) is 11.8 Å². The van der Waals surface area contributed by atoms with E-state index in [1.54, 1.807) is 17.8 Å². The van der Waals surface area contributed by atoms with Gasteiger partial charge in [0.05, 0.1) is 0 Å². The molecule has 78 valence electrons. The van der Waals surface area contributed by atoms with Crippen molar-refractivity contribution in [2.75, 3.05) is 6.26 Å². The fourth-order valence-electron chi connectivity index (χ4n) is 1.36. The van der Waals surface area contributed by atoms with Gasteiger partial charge in [-0.2, -0.15) is 0 Å². The summed E-state index contributed by atoms with van der Waals surface area (Å²) in [6, 6.07) is 5.52. The average molecular weight is 212 g/mol. The fourth-order valence-corrected chi connectivity index (χ4v) is 1.79. The Morgan fingerprint density at radius 3 is 2.43 bits per heavy atom. The second-order valence-electron chi connectivity index (χ2n) is 4.08. The van der Waals surface area contributed by atoms with Gasteiger partial charge in [0.25, 0.3) is 0 Å². The van der Waals surface area contributed by atoms with E-state index < -0.39 is 0 Å². The highest BCUT2D eigenvalue weighted by molar-refractivity contribution is 7.98. The van der Waals surface area contributed by atoms with Crippen LogP contribution in [0.4, 0.5) is 4.39 Å². The zero-order valence-corrected chi connectivity index (χ0v) is 10.0. The second kappa shape index (κ2) is 4.35. The number of halogens is 1. The summed E-state index contributed by atoms with van der Waals surface area (Å²) in [6.45, 7) is 6.23. The summed E-state index contributed by atoms with van der Waals surface area (Å²) in [6.07, 6.45) is 2.90. The normalized spacial score (nSPS) is 11.8. The van der Waals surface area contributed by atoms with Crippen LogP contribution in [0.2, 0.25) is 0 Å². The number of hydrogen-bond donors (Lipinski definition) is 0. The molecule has 0 spiro atoms. The van der Waals surface area contributed by atoms with E-state index in [9.17, 15) is 4.39 Å². The van der Waals surface area contributed by atoms with Gasteiger partial charge < -0.3 is 0 Å². The summed E-state index contributed by atoms with van der Waals surface area (Å²) < 4.78 is 13.7. The minimum absolute atomic E-state index is 0.0684. The molecule has 0 aromatic heterocycles. The first-order valence-corrected chi connectivity index (χ1v) is 6.07. The highest BCUT2D eigenvalue weighted by atomic mass is 32.2. The smallest absolute Gasteiger partial charge is 0.128 e. The molecular formula is C12H17FS. The molecule has 0 nitrogen and oxygen atoms in total. The van der Waals surface area contributed by atoms with E-state index in [-0.39, 0.29) is 11.2 Å². The zero-order valence-electron chi connectivity index (χ0n) is 9.23. The van der Waals surface area contributed by atoms with E-state index in [1.807, 2.05) is 18.4 Å². The Balaban J connectivity index is 3.12. The van der Waals surface area contributed by atoms with Gasteiger partial charge in [0.1, 0.15) is 5.82 Å². The quantitative estimate of drug-likeness (QED) is 0.675. The Morgan fingerprint density at radius 1 is 1.36 bits per heavy atom.